The predicted octanol–water partition coefficient (Wildman–Crippen LogP) is 2.94. The van der Waals surface area contributed by atoms with E-state index in [9.17, 15) is 4.79 Å². The number of aryl methyl sites for hydroxylation is 1. The quantitative estimate of drug-likeness (QED) is 0.869. The van der Waals surface area contributed by atoms with Crippen LogP contribution in [0.25, 0.3) is 10.6 Å². The number of rotatable bonds is 3. The van der Waals surface area contributed by atoms with Crippen LogP contribution in [-0.4, -0.2) is 17.6 Å². The van der Waals surface area contributed by atoms with Crippen molar-refractivity contribution in [2.45, 2.75) is 13.8 Å². The van der Waals surface area contributed by atoms with Gasteiger partial charge in [-0.2, -0.15) is 0 Å². The first-order valence-corrected chi connectivity index (χ1v) is 6.80. The molecule has 0 atom stereocenters. The first-order valence-electron chi connectivity index (χ1n) is 5.10. The van der Waals surface area contributed by atoms with Gasteiger partial charge in [-0.05, 0) is 19.9 Å². The van der Waals surface area contributed by atoms with E-state index in [4.69, 9.17) is 10.5 Å². The third-order valence-corrected chi connectivity index (χ3v) is 4.02. The van der Waals surface area contributed by atoms with Crippen molar-refractivity contribution in [2.24, 2.45) is 0 Å². The second-order valence-corrected chi connectivity index (χ2v) is 5.48. The van der Waals surface area contributed by atoms with Gasteiger partial charge in [-0.25, -0.2) is 9.78 Å². The molecule has 0 aromatic carbocycles. The van der Waals surface area contributed by atoms with Crippen LogP contribution in [0, 0.1) is 6.92 Å². The molecule has 0 aliphatic heterocycles. The summed E-state index contributed by atoms with van der Waals surface area (Å²) in [6.45, 7) is 4.06. The average Bonchev–Trinajstić information content (AvgIpc) is 2.85. The minimum atomic E-state index is -0.367. The molecule has 2 aromatic rings. The number of nitrogens with two attached hydrogens (primary N) is 1. The summed E-state index contributed by atoms with van der Waals surface area (Å²) < 4.78 is 4.94. The SMILES string of the molecule is CCOC(=O)c1sc(-c2csc(C)n2)cc1N. The van der Waals surface area contributed by atoms with Gasteiger partial charge in [0.2, 0.25) is 0 Å². The maximum absolute atomic E-state index is 11.6. The molecule has 6 heteroatoms. The fraction of sp³-hybridized carbons (Fsp3) is 0.273. The van der Waals surface area contributed by atoms with Gasteiger partial charge >= 0.3 is 5.97 Å². The van der Waals surface area contributed by atoms with Gasteiger partial charge in [0, 0.05) is 5.38 Å². The van der Waals surface area contributed by atoms with Gasteiger partial charge in [-0.1, -0.05) is 0 Å². The molecular weight excluding hydrogens is 256 g/mol. The van der Waals surface area contributed by atoms with E-state index in [2.05, 4.69) is 4.98 Å². The highest BCUT2D eigenvalue weighted by Gasteiger charge is 2.17. The summed E-state index contributed by atoms with van der Waals surface area (Å²) in [6.07, 6.45) is 0. The number of carbonyl (C=O) groups excluding carboxylic acids is 1. The van der Waals surface area contributed by atoms with E-state index in [0.29, 0.717) is 17.2 Å². The van der Waals surface area contributed by atoms with Gasteiger partial charge < -0.3 is 10.5 Å². The Labute approximate surface area is 107 Å². The molecule has 90 valence electrons. The number of nitrogens with zero attached hydrogens (tertiary/aromatic N) is 1. The topological polar surface area (TPSA) is 65.2 Å². The van der Waals surface area contributed by atoms with Crippen LogP contribution >= 0.6 is 22.7 Å². The highest BCUT2D eigenvalue weighted by atomic mass is 32.1. The molecule has 0 saturated carbocycles. The Hall–Kier alpha value is -1.40. The Kier molecular flexibility index (Phi) is 3.44. The largest absolute Gasteiger partial charge is 0.462 e. The number of thiophene rings is 1. The zero-order chi connectivity index (χ0) is 12.4. The molecule has 0 radical (unpaired) electrons. The smallest absolute Gasteiger partial charge is 0.350 e. The van der Waals surface area contributed by atoms with Crippen molar-refractivity contribution in [3.63, 3.8) is 0 Å². The molecule has 0 fully saturated rings. The van der Waals surface area contributed by atoms with Crippen LogP contribution in [0.3, 0.4) is 0 Å². The Morgan fingerprint density at radius 3 is 2.94 bits per heavy atom. The number of nitrogen functional groups attached to an aromatic ring is 1. The maximum atomic E-state index is 11.6. The lowest BCUT2D eigenvalue weighted by Gasteiger charge is -1.98. The third-order valence-electron chi connectivity index (χ3n) is 2.09. The van der Waals surface area contributed by atoms with Crippen molar-refractivity contribution in [2.75, 3.05) is 12.3 Å². The van der Waals surface area contributed by atoms with Crippen LogP contribution in [0.2, 0.25) is 0 Å². The summed E-state index contributed by atoms with van der Waals surface area (Å²) in [5, 5.41) is 2.94. The summed E-state index contributed by atoms with van der Waals surface area (Å²) in [7, 11) is 0. The summed E-state index contributed by atoms with van der Waals surface area (Å²) in [4.78, 5) is 17.3. The van der Waals surface area contributed by atoms with Crippen LogP contribution in [0.15, 0.2) is 11.4 Å². The molecule has 2 heterocycles. The van der Waals surface area contributed by atoms with E-state index >= 15 is 0 Å². The standard InChI is InChI=1S/C11H12N2O2S2/c1-3-15-11(14)10-7(12)4-9(17-10)8-5-16-6(2)13-8/h4-5H,3,12H2,1-2H3. The van der Waals surface area contributed by atoms with Crippen LogP contribution in [-0.2, 0) is 4.74 Å². The third kappa shape index (κ3) is 2.48. The average molecular weight is 268 g/mol. The Bertz CT molecular complexity index is 545. The molecule has 0 aliphatic carbocycles. The van der Waals surface area contributed by atoms with E-state index in [0.717, 1.165) is 15.6 Å². The van der Waals surface area contributed by atoms with Crippen molar-refractivity contribution >= 4 is 34.3 Å². The normalized spacial score (nSPS) is 10.5. The number of anilines is 1. The lowest BCUT2D eigenvalue weighted by Crippen LogP contribution is -2.04. The predicted molar refractivity (Wildman–Crippen MR) is 70.5 cm³/mol. The first-order chi connectivity index (χ1) is 8.11. The molecule has 0 aliphatic rings. The number of hydrogen-bond acceptors (Lipinski definition) is 6. The zero-order valence-corrected chi connectivity index (χ0v) is 11.2. The fourth-order valence-corrected chi connectivity index (χ4v) is 2.99. The molecule has 0 unspecified atom stereocenters. The molecule has 4 nitrogen and oxygen atoms in total. The number of ether oxygens (including phenoxy) is 1. The van der Waals surface area contributed by atoms with Crippen LogP contribution in [0.1, 0.15) is 21.6 Å². The summed E-state index contributed by atoms with van der Waals surface area (Å²) in [5.74, 6) is -0.367. The highest BCUT2D eigenvalue weighted by Crippen LogP contribution is 2.34. The van der Waals surface area contributed by atoms with Crippen LogP contribution in [0.5, 0.6) is 0 Å². The van der Waals surface area contributed by atoms with Gasteiger partial charge in [0.05, 0.1) is 27.9 Å². The number of esters is 1. The molecule has 2 aromatic heterocycles. The molecule has 0 spiro atoms. The van der Waals surface area contributed by atoms with Crippen molar-refractivity contribution in [1.29, 1.82) is 0 Å². The number of aromatic nitrogens is 1. The molecule has 2 N–H and O–H groups in total. The summed E-state index contributed by atoms with van der Waals surface area (Å²) in [5.41, 5.74) is 7.12. The first kappa shape index (κ1) is 12.1. The monoisotopic (exact) mass is 268 g/mol. The molecule has 2 rings (SSSR count). The lowest BCUT2D eigenvalue weighted by molar-refractivity contribution is 0.0533. The highest BCUT2D eigenvalue weighted by molar-refractivity contribution is 7.18. The number of hydrogen-bond donors (Lipinski definition) is 1. The zero-order valence-electron chi connectivity index (χ0n) is 9.52. The second-order valence-electron chi connectivity index (χ2n) is 3.37. The van der Waals surface area contributed by atoms with E-state index in [1.54, 1.807) is 24.3 Å². The Balaban J connectivity index is 2.33. The number of carbonyl (C=O) groups is 1. The van der Waals surface area contributed by atoms with Crippen molar-refractivity contribution in [3.05, 3.63) is 21.3 Å². The molecule has 0 saturated heterocycles. The van der Waals surface area contributed by atoms with Crippen LogP contribution in [0.4, 0.5) is 5.69 Å². The van der Waals surface area contributed by atoms with Gasteiger partial charge in [0.15, 0.2) is 0 Å². The van der Waals surface area contributed by atoms with Crippen molar-refractivity contribution in [1.82, 2.24) is 4.98 Å². The molecule has 0 bridgehead atoms. The minimum Gasteiger partial charge on any atom is -0.462 e. The van der Waals surface area contributed by atoms with E-state index in [1.807, 2.05) is 12.3 Å². The van der Waals surface area contributed by atoms with E-state index in [1.165, 1.54) is 11.3 Å². The fourth-order valence-electron chi connectivity index (χ4n) is 1.36. The Morgan fingerprint density at radius 2 is 2.35 bits per heavy atom. The van der Waals surface area contributed by atoms with E-state index < -0.39 is 0 Å². The Morgan fingerprint density at radius 1 is 1.59 bits per heavy atom. The van der Waals surface area contributed by atoms with Crippen LogP contribution < -0.4 is 5.73 Å². The summed E-state index contributed by atoms with van der Waals surface area (Å²) >= 11 is 2.89. The van der Waals surface area contributed by atoms with Gasteiger partial charge in [-0.15, -0.1) is 22.7 Å². The van der Waals surface area contributed by atoms with Gasteiger partial charge in [-0.3, -0.25) is 0 Å². The minimum absolute atomic E-state index is 0.349. The maximum Gasteiger partial charge on any atom is 0.350 e. The summed E-state index contributed by atoms with van der Waals surface area (Å²) in [6, 6.07) is 1.77. The van der Waals surface area contributed by atoms with Gasteiger partial charge in [0.1, 0.15) is 4.88 Å². The van der Waals surface area contributed by atoms with Crippen molar-refractivity contribution < 1.29 is 9.53 Å². The van der Waals surface area contributed by atoms with Gasteiger partial charge in [0.25, 0.3) is 0 Å². The number of thiazole rings is 1. The lowest BCUT2D eigenvalue weighted by atomic mass is 10.3. The molecule has 17 heavy (non-hydrogen) atoms. The molecule has 0 amide bonds. The second kappa shape index (κ2) is 4.85. The van der Waals surface area contributed by atoms with Crippen molar-refractivity contribution in [3.8, 4) is 10.6 Å². The van der Waals surface area contributed by atoms with E-state index in [-0.39, 0.29) is 5.97 Å². The molecular formula is C11H12N2O2S2.